The Balaban J connectivity index is 3.02. The molecule has 4 nitrogen and oxygen atoms in total. The summed E-state index contributed by atoms with van der Waals surface area (Å²) in [5, 5.41) is 17.7. The largest absolute Gasteiger partial charge is 0.508 e. The molecule has 12 heavy (non-hydrogen) atoms. The van der Waals surface area contributed by atoms with E-state index in [4.69, 9.17) is 10.8 Å². The summed E-state index contributed by atoms with van der Waals surface area (Å²) >= 11 is 0. The van der Waals surface area contributed by atoms with E-state index in [1.54, 1.807) is 12.1 Å². The highest BCUT2D eigenvalue weighted by Crippen LogP contribution is 2.21. The molecule has 0 radical (unpaired) electrons. The minimum absolute atomic E-state index is 0.0904. The van der Waals surface area contributed by atoms with Crippen LogP contribution in [0.3, 0.4) is 0 Å². The molecule has 1 rings (SSSR count). The molecule has 0 aliphatic rings. The zero-order valence-electron chi connectivity index (χ0n) is 6.27. The van der Waals surface area contributed by atoms with Gasteiger partial charge < -0.3 is 15.9 Å². The Morgan fingerprint density at radius 3 is 2.50 bits per heavy atom. The number of hydrogen-bond donors (Lipinski definition) is 3. The molecule has 0 fully saturated rings. The second-order valence-electron chi connectivity index (χ2n) is 2.37. The predicted octanol–water partition coefficient (Wildman–Crippen LogP) is 0.477. The fourth-order valence-corrected chi connectivity index (χ4v) is 0.884. The van der Waals surface area contributed by atoms with Crippen molar-refractivity contribution in [1.29, 1.82) is 0 Å². The molecule has 0 amide bonds. The second kappa shape index (κ2) is 3.23. The standard InChI is InChI=1S/C8H9NO3/c9-7(8(11)12)5-3-1-2-4-6(5)10/h1-4,7,10H,9H2,(H,11,12)/t7-/m1/s1. The molecule has 0 aliphatic heterocycles. The number of benzene rings is 1. The Hall–Kier alpha value is -1.55. The molecule has 0 aliphatic carbocycles. The maximum atomic E-state index is 10.4. The fraction of sp³-hybridized carbons (Fsp3) is 0.125. The number of phenols is 1. The van der Waals surface area contributed by atoms with E-state index in [1.165, 1.54) is 12.1 Å². The van der Waals surface area contributed by atoms with Crippen LogP contribution in [-0.4, -0.2) is 16.2 Å². The summed E-state index contributed by atoms with van der Waals surface area (Å²) in [4.78, 5) is 10.4. The van der Waals surface area contributed by atoms with Gasteiger partial charge in [-0.2, -0.15) is 0 Å². The van der Waals surface area contributed by atoms with E-state index >= 15 is 0 Å². The van der Waals surface area contributed by atoms with E-state index in [9.17, 15) is 9.90 Å². The van der Waals surface area contributed by atoms with Crippen molar-refractivity contribution in [3.8, 4) is 5.75 Å². The number of para-hydroxylation sites is 1. The first kappa shape index (κ1) is 8.55. The van der Waals surface area contributed by atoms with Crippen LogP contribution in [0.25, 0.3) is 0 Å². The molecule has 4 heteroatoms. The highest BCUT2D eigenvalue weighted by molar-refractivity contribution is 5.76. The van der Waals surface area contributed by atoms with Crippen molar-refractivity contribution in [2.24, 2.45) is 5.73 Å². The van der Waals surface area contributed by atoms with E-state index in [-0.39, 0.29) is 11.3 Å². The number of nitrogens with two attached hydrogens (primary N) is 1. The third-order valence-electron chi connectivity index (χ3n) is 1.54. The zero-order chi connectivity index (χ0) is 9.14. The van der Waals surface area contributed by atoms with E-state index in [1.807, 2.05) is 0 Å². The molecular formula is C8H9NO3. The molecule has 0 spiro atoms. The zero-order valence-corrected chi connectivity index (χ0v) is 6.27. The summed E-state index contributed by atoms with van der Waals surface area (Å²) in [6, 6.07) is 4.95. The van der Waals surface area contributed by atoms with Gasteiger partial charge in [0.1, 0.15) is 11.8 Å². The number of phenolic OH excluding ortho intramolecular Hbond substituents is 1. The third-order valence-corrected chi connectivity index (χ3v) is 1.54. The minimum atomic E-state index is -1.16. The normalized spacial score (nSPS) is 12.4. The quantitative estimate of drug-likeness (QED) is 0.598. The van der Waals surface area contributed by atoms with Gasteiger partial charge in [0.2, 0.25) is 0 Å². The first-order valence-electron chi connectivity index (χ1n) is 3.39. The first-order chi connectivity index (χ1) is 5.63. The second-order valence-corrected chi connectivity index (χ2v) is 2.37. The molecule has 0 heterocycles. The highest BCUT2D eigenvalue weighted by atomic mass is 16.4. The van der Waals surface area contributed by atoms with Crippen molar-refractivity contribution in [2.45, 2.75) is 6.04 Å². The van der Waals surface area contributed by atoms with Crippen molar-refractivity contribution >= 4 is 5.97 Å². The molecule has 0 unspecified atom stereocenters. The minimum Gasteiger partial charge on any atom is -0.508 e. The van der Waals surface area contributed by atoms with Crippen LogP contribution in [0.5, 0.6) is 5.75 Å². The van der Waals surface area contributed by atoms with Gasteiger partial charge in [0, 0.05) is 5.56 Å². The average molecular weight is 167 g/mol. The molecule has 64 valence electrons. The van der Waals surface area contributed by atoms with Crippen LogP contribution in [-0.2, 0) is 4.79 Å². The number of carboxylic acid groups (broad SMARTS) is 1. The number of carbonyl (C=O) groups is 1. The predicted molar refractivity (Wildman–Crippen MR) is 42.7 cm³/mol. The molecule has 1 aromatic carbocycles. The van der Waals surface area contributed by atoms with E-state index in [2.05, 4.69) is 0 Å². The van der Waals surface area contributed by atoms with Crippen molar-refractivity contribution in [1.82, 2.24) is 0 Å². The number of aliphatic carboxylic acids is 1. The number of carboxylic acids is 1. The highest BCUT2D eigenvalue weighted by Gasteiger charge is 2.16. The van der Waals surface area contributed by atoms with E-state index < -0.39 is 12.0 Å². The molecule has 0 bridgehead atoms. The smallest absolute Gasteiger partial charge is 0.325 e. The lowest BCUT2D eigenvalue weighted by molar-refractivity contribution is -0.138. The summed E-state index contributed by atoms with van der Waals surface area (Å²) in [6.07, 6.45) is 0. The fourth-order valence-electron chi connectivity index (χ4n) is 0.884. The van der Waals surface area contributed by atoms with Crippen molar-refractivity contribution in [3.05, 3.63) is 29.8 Å². The van der Waals surface area contributed by atoms with Crippen molar-refractivity contribution in [3.63, 3.8) is 0 Å². The topological polar surface area (TPSA) is 83.6 Å². The first-order valence-corrected chi connectivity index (χ1v) is 3.39. The molecule has 0 saturated heterocycles. The molecule has 4 N–H and O–H groups in total. The maximum Gasteiger partial charge on any atom is 0.325 e. The van der Waals surface area contributed by atoms with Crippen LogP contribution in [0.4, 0.5) is 0 Å². The Labute approximate surface area is 69.3 Å². The summed E-state index contributed by atoms with van der Waals surface area (Å²) in [5.74, 6) is -1.25. The molecule has 0 aromatic heterocycles. The monoisotopic (exact) mass is 167 g/mol. The summed E-state index contributed by atoms with van der Waals surface area (Å²) in [5.41, 5.74) is 5.51. The van der Waals surface area contributed by atoms with Crippen LogP contribution in [0.15, 0.2) is 24.3 Å². The van der Waals surface area contributed by atoms with Gasteiger partial charge >= 0.3 is 5.97 Å². The average Bonchev–Trinajstić information content (AvgIpc) is 2.04. The Kier molecular flexibility index (Phi) is 2.30. The van der Waals surface area contributed by atoms with Crippen LogP contribution in [0.1, 0.15) is 11.6 Å². The molecule has 0 saturated carbocycles. The van der Waals surface area contributed by atoms with Gasteiger partial charge in [-0.05, 0) is 6.07 Å². The van der Waals surface area contributed by atoms with E-state index in [0.717, 1.165) is 0 Å². The number of rotatable bonds is 2. The Bertz CT molecular complexity index is 298. The van der Waals surface area contributed by atoms with Gasteiger partial charge in [0.25, 0.3) is 0 Å². The Morgan fingerprint density at radius 2 is 2.00 bits per heavy atom. The van der Waals surface area contributed by atoms with Gasteiger partial charge in [-0.25, -0.2) is 0 Å². The van der Waals surface area contributed by atoms with Crippen LogP contribution in [0.2, 0.25) is 0 Å². The van der Waals surface area contributed by atoms with Crippen molar-refractivity contribution < 1.29 is 15.0 Å². The van der Waals surface area contributed by atoms with Gasteiger partial charge in [-0.15, -0.1) is 0 Å². The van der Waals surface area contributed by atoms with Crippen LogP contribution < -0.4 is 5.73 Å². The maximum absolute atomic E-state index is 10.4. The van der Waals surface area contributed by atoms with Crippen LogP contribution in [0, 0.1) is 0 Å². The van der Waals surface area contributed by atoms with E-state index in [0.29, 0.717) is 0 Å². The Morgan fingerprint density at radius 1 is 1.42 bits per heavy atom. The van der Waals surface area contributed by atoms with Gasteiger partial charge in [-0.3, -0.25) is 4.79 Å². The summed E-state index contributed by atoms with van der Waals surface area (Å²) in [6.45, 7) is 0. The van der Waals surface area contributed by atoms with Gasteiger partial charge in [0.15, 0.2) is 0 Å². The summed E-state index contributed by atoms with van der Waals surface area (Å²) in [7, 11) is 0. The van der Waals surface area contributed by atoms with Gasteiger partial charge in [0.05, 0.1) is 0 Å². The molecular weight excluding hydrogens is 158 g/mol. The molecule has 1 atom stereocenters. The van der Waals surface area contributed by atoms with Crippen molar-refractivity contribution in [2.75, 3.05) is 0 Å². The summed E-state index contributed by atoms with van der Waals surface area (Å²) < 4.78 is 0. The number of hydrogen-bond acceptors (Lipinski definition) is 3. The number of aromatic hydroxyl groups is 1. The molecule has 1 aromatic rings. The lowest BCUT2D eigenvalue weighted by Crippen LogP contribution is -2.20. The lowest BCUT2D eigenvalue weighted by atomic mass is 10.1. The SMILES string of the molecule is N[C@@H](C(=O)O)c1ccccc1O. The third kappa shape index (κ3) is 1.54. The van der Waals surface area contributed by atoms with Crippen LogP contribution >= 0.6 is 0 Å². The van der Waals surface area contributed by atoms with Gasteiger partial charge in [-0.1, -0.05) is 18.2 Å². The lowest BCUT2D eigenvalue weighted by Gasteiger charge is -2.07.